The first-order valence-corrected chi connectivity index (χ1v) is 1.64. The molecular formula is C4H3IrNO. The normalized spacial score (nSPS) is 14.6. The molecule has 0 aliphatic carbocycles. The third kappa shape index (κ3) is 1.76. The Bertz CT molecular complexity index is 114. The van der Waals surface area contributed by atoms with E-state index < -0.39 is 0 Å². The van der Waals surface area contributed by atoms with Crippen molar-refractivity contribution >= 4 is 12.1 Å². The van der Waals surface area contributed by atoms with E-state index in [0.29, 0.717) is 0 Å². The summed E-state index contributed by atoms with van der Waals surface area (Å²) in [6.07, 6.45) is 4.50. The molecule has 1 radical (unpaired) electrons. The minimum Gasteiger partial charge on any atom is -0.267 e. The summed E-state index contributed by atoms with van der Waals surface area (Å²) in [4.78, 5) is 13.3. The van der Waals surface area contributed by atoms with Gasteiger partial charge in [0.05, 0.1) is 0 Å². The van der Waals surface area contributed by atoms with Gasteiger partial charge in [-0.15, -0.1) is 0 Å². The van der Waals surface area contributed by atoms with E-state index in [2.05, 4.69) is 4.99 Å². The summed E-state index contributed by atoms with van der Waals surface area (Å²) in [5, 5.41) is 0. The fraction of sp³-hybridized carbons (Fsp3) is 0. The van der Waals surface area contributed by atoms with E-state index in [1.165, 1.54) is 12.3 Å². The molecule has 3 heteroatoms. The molecule has 0 aromatic rings. The third-order valence-corrected chi connectivity index (χ3v) is 0.527. The van der Waals surface area contributed by atoms with Crippen molar-refractivity contribution in [1.29, 1.82) is 0 Å². The maximum Gasteiger partial charge on any atom is 0.269 e. The van der Waals surface area contributed by atoms with Crippen molar-refractivity contribution < 1.29 is 24.9 Å². The van der Waals surface area contributed by atoms with Gasteiger partial charge in [0.25, 0.3) is 5.91 Å². The molecular weight excluding hydrogens is 270 g/mol. The maximum atomic E-state index is 9.96. The number of rotatable bonds is 0. The van der Waals surface area contributed by atoms with Crippen LogP contribution in [-0.2, 0) is 24.9 Å². The van der Waals surface area contributed by atoms with Crippen LogP contribution in [0.4, 0.5) is 0 Å². The van der Waals surface area contributed by atoms with Gasteiger partial charge in [-0.1, -0.05) is 0 Å². The zero-order valence-electron chi connectivity index (χ0n) is 3.42. The average Bonchev–Trinajstić information content (AvgIpc) is 1.86. The van der Waals surface area contributed by atoms with E-state index in [1.807, 2.05) is 0 Å². The van der Waals surface area contributed by atoms with Gasteiger partial charge in [-0.2, -0.15) is 0 Å². The fourth-order valence-corrected chi connectivity index (χ4v) is 0.285. The second-order valence-corrected chi connectivity index (χ2v) is 0.976. The van der Waals surface area contributed by atoms with Crippen LogP contribution in [0.3, 0.4) is 0 Å². The topological polar surface area (TPSA) is 29.4 Å². The zero-order chi connectivity index (χ0) is 4.41. The largest absolute Gasteiger partial charge is 0.269 e. The molecule has 0 fully saturated rings. The van der Waals surface area contributed by atoms with Crippen molar-refractivity contribution in [2.45, 2.75) is 0 Å². The minimum absolute atomic E-state index is 0. The molecule has 0 bridgehead atoms. The summed E-state index contributed by atoms with van der Waals surface area (Å²) >= 11 is 0. The summed E-state index contributed by atoms with van der Waals surface area (Å²) in [7, 11) is 0. The van der Waals surface area contributed by atoms with E-state index in [-0.39, 0.29) is 26.0 Å². The monoisotopic (exact) mass is 274 g/mol. The Kier molecular flexibility index (Phi) is 2.72. The maximum absolute atomic E-state index is 9.96. The van der Waals surface area contributed by atoms with E-state index in [9.17, 15) is 4.79 Å². The molecule has 0 unspecified atom stereocenters. The van der Waals surface area contributed by atoms with Gasteiger partial charge in [0.1, 0.15) is 0 Å². The van der Waals surface area contributed by atoms with Crippen molar-refractivity contribution in [3.8, 4) is 0 Å². The van der Waals surface area contributed by atoms with Crippen LogP contribution in [0.2, 0.25) is 0 Å². The van der Waals surface area contributed by atoms with Gasteiger partial charge in [-0.25, -0.2) is 4.99 Å². The Labute approximate surface area is 54.7 Å². The molecule has 1 rings (SSSR count). The Morgan fingerprint density at radius 1 is 1.57 bits per heavy atom. The van der Waals surface area contributed by atoms with Crippen LogP contribution in [0, 0.1) is 0 Å². The van der Waals surface area contributed by atoms with Crippen LogP contribution in [0.15, 0.2) is 17.1 Å². The predicted molar refractivity (Wildman–Crippen MR) is 22.6 cm³/mol. The van der Waals surface area contributed by atoms with Crippen LogP contribution in [0.1, 0.15) is 0 Å². The molecule has 1 aliphatic rings. The summed E-state index contributed by atoms with van der Waals surface area (Å²) in [5.41, 5.74) is 0. The summed E-state index contributed by atoms with van der Waals surface area (Å²) in [6, 6.07) is 0. The Hall–Kier alpha value is -0.271. The van der Waals surface area contributed by atoms with Gasteiger partial charge in [-0.05, 0) is 6.08 Å². The van der Waals surface area contributed by atoms with Crippen molar-refractivity contribution in [2.75, 3.05) is 0 Å². The smallest absolute Gasteiger partial charge is 0.267 e. The van der Waals surface area contributed by atoms with E-state index >= 15 is 0 Å². The first-order chi connectivity index (χ1) is 2.89. The van der Waals surface area contributed by atoms with Crippen molar-refractivity contribution in [3.05, 3.63) is 12.2 Å². The van der Waals surface area contributed by atoms with E-state index in [0.717, 1.165) is 0 Å². The van der Waals surface area contributed by atoms with Crippen molar-refractivity contribution in [3.63, 3.8) is 0 Å². The minimum atomic E-state index is -0.157. The Morgan fingerprint density at radius 3 is 2.43 bits per heavy atom. The predicted octanol–water partition coefficient (Wildman–Crippen LogP) is 0.151. The molecule has 1 amide bonds. The van der Waals surface area contributed by atoms with Crippen LogP contribution in [0.5, 0.6) is 0 Å². The molecule has 1 heterocycles. The number of allylic oxidation sites excluding steroid dienone is 1. The average molecular weight is 273 g/mol. The van der Waals surface area contributed by atoms with Gasteiger partial charge < -0.3 is 0 Å². The second kappa shape index (κ2) is 2.83. The standard InChI is InChI=1S/C4H3NO.Ir/c6-4-2-1-3-5-4;/h1-3H;. The molecule has 0 N–H and O–H groups in total. The molecule has 0 saturated carbocycles. The van der Waals surface area contributed by atoms with Gasteiger partial charge in [-0.3, -0.25) is 4.79 Å². The van der Waals surface area contributed by atoms with Gasteiger partial charge >= 0.3 is 0 Å². The first kappa shape index (κ1) is 6.73. The van der Waals surface area contributed by atoms with Gasteiger partial charge in [0.2, 0.25) is 0 Å². The van der Waals surface area contributed by atoms with Crippen LogP contribution in [0.25, 0.3) is 0 Å². The third-order valence-electron chi connectivity index (χ3n) is 0.527. The molecule has 0 spiro atoms. The van der Waals surface area contributed by atoms with Crippen molar-refractivity contribution in [1.82, 2.24) is 0 Å². The number of carbonyl (C=O) groups is 1. The molecule has 0 aromatic carbocycles. The Balaban J connectivity index is 0.000000360. The number of carbonyl (C=O) groups excluding carboxylic acids is 1. The number of nitrogens with zero attached hydrogens (tertiary/aromatic N) is 1. The van der Waals surface area contributed by atoms with Crippen LogP contribution < -0.4 is 0 Å². The molecule has 7 heavy (non-hydrogen) atoms. The number of hydrogen-bond acceptors (Lipinski definition) is 1. The van der Waals surface area contributed by atoms with Crippen LogP contribution >= 0.6 is 0 Å². The van der Waals surface area contributed by atoms with E-state index in [4.69, 9.17) is 0 Å². The summed E-state index contributed by atoms with van der Waals surface area (Å²) < 4.78 is 0. The molecule has 39 valence electrons. The summed E-state index contributed by atoms with van der Waals surface area (Å²) in [6.45, 7) is 0. The molecule has 0 aromatic heterocycles. The van der Waals surface area contributed by atoms with Gasteiger partial charge in [0, 0.05) is 32.4 Å². The molecule has 0 saturated heterocycles. The molecule has 0 atom stereocenters. The van der Waals surface area contributed by atoms with Crippen LogP contribution in [-0.4, -0.2) is 12.1 Å². The quantitative estimate of drug-likeness (QED) is 0.618. The molecule has 1 aliphatic heterocycles. The zero-order valence-corrected chi connectivity index (χ0v) is 5.82. The SMILES string of the molecule is O=C1C=CC=N1.[Ir]. The first-order valence-electron chi connectivity index (χ1n) is 1.64. The van der Waals surface area contributed by atoms with E-state index in [1.54, 1.807) is 6.08 Å². The number of amides is 1. The number of hydrogen-bond donors (Lipinski definition) is 0. The van der Waals surface area contributed by atoms with Gasteiger partial charge in [0.15, 0.2) is 0 Å². The molecule has 2 nitrogen and oxygen atoms in total. The van der Waals surface area contributed by atoms with Crippen molar-refractivity contribution in [2.24, 2.45) is 4.99 Å². The second-order valence-electron chi connectivity index (χ2n) is 0.976. The Morgan fingerprint density at radius 2 is 2.29 bits per heavy atom. The fourth-order valence-electron chi connectivity index (χ4n) is 0.285. The summed E-state index contributed by atoms with van der Waals surface area (Å²) in [5.74, 6) is -0.157. The number of aliphatic imine (C=N–C) groups is 1.